The van der Waals surface area contributed by atoms with Gasteiger partial charge in [-0.05, 0) is 19.8 Å². The predicted octanol–water partition coefficient (Wildman–Crippen LogP) is 2.83. The number of thiocarbonyl (C=S) groups is 1. The lowest BCUT2D eigenvalue weighted by Gasteiger charge is -2.07. The number of rotatable bonds is 9. The summed E-state index contributed by atoms with van der Waals surface area (Å²) in [6.07, 6.45) is 7.02. The first-order valence-corrected chi connectivity index (χ1v) is 6.53. The molecular formula is C12H23NO2S. The minimum absolute atomic E-state index is 0.196. The monoisotopic (exact) mass is 245 g/mol. The molecule has 0 aliphatic rings. The van der Waals surface area contributed by atoms with Gasteiger partial charge in [0.25, 0.3) is 0 Å². The Morgan fingerprint density at radius 3 is 2.50 bits per heavy atom. The van der Waals surface area contributed by atoms with Gasteiger partial charge >= 0.3 is 5.97 Å². The van der Waals surface area contributed by atoms with Crippen LogP contribution in [0.25, 0.3) is 0 Å². The average molecular weight is 245 g/mol. The van der Waals surface area contributed by atoms with Crippen LogP contribution in [0.15, 0.2) is 0 Å². The summed E-state index contributed by atoms with van der Waals surface area (Å²) in [4.78, 5) is 11.8. The van der Waals surface area contributed by atoms with E-state index in [1.165, 1.54) is 25.7 Å². The molecule has 1 N–H and O–H groups in total. The van der Waals surface area contributed by atoms with Crippen molar-refractivity contribution in [3.63, 3.8) is 0 Å². The lowest BCUT2D eigenvalue weighted by molar-refractivity contribution is -0.141. The third-order valence-electron chi connectivity index (χ3n) is 2.24. The minimum Gasteiger partial charge on any atom is -0.465 e. The molecule has 0 aromatic carbocycles. The molecule has 0 radical (unpaired) electrons. The molecule has 0 spiro atoms. The number of unbranched alkanes of at least 4 members (excludes halogenated alkanes) is 4. The maximum Gasteiger partial charge on any atom is 0.325 e. The first kappa shape index (κ1) is 15.4. The van der Waals surface area contributed by atoms with Gasteiger partial charge in [-0.1, -0.05) is 44.8 Å². The third kappa shape index (κ3) is 9.90. The number of ether oxygens (including phenoxy) is 1. The molecule has 0 atom stereocenters. The molecule has 0 unspecified atom stereocenters. The molecule has 0 aliphatic carbocycles. The van der Waals surface area contributed by atoms with Crippen LogP contribution >= 0.6 is 12.2 Å². The van der Waals surface area contributed by atoms with Crippen molar-refractivity contribution in [3.8, 4) is 0 Å². The number of nitrogens with one attached hydrogen (secondary N) is 1. The van der Waals surface area contributed by atoms with E-state index in [1.807, 2.05) is 0 Å². The van der Waals surface area contributed by atoms with Gasteiger partial charge in [0, 0.05) is 0 Å². The van der Waals surface area contributed by atoms with Crippen molar-refractivity contribution in [2.75, 3.05) is 13.2 Å². The Morgan fingerprint density at radius 2 is 1.88 bits per heavy atom. The fraction of sp³-hybridized carbons (Fsp3) is 0.833. The zero-order chi connectivity index (χ0) is 12.2. The van der Waals surface area contributed by atoms with Crippen LogP contribution in [0.1, 0.15) is 52.4 Å². The topological polar surface area (TPSA) is 38.3 Å². The standard InChI is InChI=1S/C12H23NO2S/c1-3-5-6-7-8-9-11(16)13-10-12(14)15-4-2/h3-10H2,1-2H3,(H,13,16). The second kappa shape index (κ2) is 10.9. The largest absolute Gasteiger partial charge is 0.465 e. The van der Waals surface area contributed by atoms with E-state index in [-0.39, 0.29) is 12.5 Å². The van der Waals surface area contributed by atoms with E-state index in [0.29, 0.717) is 6.61 Å². The number of esters is 1. The molecule has 0 aliphatic heterocycles. The molecule has 3 nitrogen and oxygen atoms in total. The van der Waals surface area contributed by atoms with E-state index < -0.39 is 0 Å². The maximum absolute atomic E-state index is 11.0. The van der Waals surface area contributed by atoms with Crippen LogP contribution in [-0.4, -0.2) is 24.1 Å². The Labute approximate surface area is 104 Å². The van der Waals surface area contributed by atoms with Gasteiger partial charge in [-0.25, -0.2) is 0 Å². The van der Waals surface area contributed by atoms with Gasteiger partial charge in [-0.3, -0.25) is 4.79 Å². The van der Waals surface area contributed by atoms with E-state index in [1.54, 1.807) is 6.92 Å². The van der Waals surface area contributed by atoms with Crippen molar-refractivity contribution in [2.24, 2.45) is 0 Å². The Kier molecular flexibility index (Phi) is 10.4. The highest BCUT2D eigenvalue weighted by atomic mass is 32.1. The molecule has 0 heterocycles. The molecule has 16 heavy (non-hydrogen) atoms. The molecule has 0 aromatic heterocycles. The molecule has 0 bridgehead atoms. The van der Waals surface area contributed by atoms with E-state index in [4.69, 9.17) is 17.0 Å². The highest BCUT2D eigenvalue weighted by molar-refractivity contribution is 7.80. The van der Waals surface area contributed by atoms with Crippen LogP contribution in [0.3, 0.4) is 0 Å². The zero-order valence-corrected chi connectivity index (χ0v) is 11.2. The Morgan fingerprint density at radius 1 is 1.19 bits per heavy atom. The van der Waals surface area contributed by atoms with Crippen LogP contribution in [0.5, 0.6) is 0 Å². The molecule has 0 rings (SSSR count). The Balaban J connectivity index is 3.34. The van der Waals surface area contributed by atoms with Crippen molar-refractivity contribution in [2.45, 2.75) is 52.4 Å². The van der Waals surface area contributed by atoms with Crippen molar-refractivity contribution in [1.82, 2.24) is 5.32 Å². The van der Waals surface area contributed by atoms with Gasteiger partial charge in [0.05, 0.1) is 11.6 Å². The molecule has 4 heteroatoms. The van der Waals surface area contributed by atoms with Crippen molar-refractivity contribution < 1.29 is 9.53 Å². The van der Waals surface area contributed by atoms with Gasteiger partial charge < -0.3 is 10.1 Å². The highest BCUT2D eigenvalue weighted by Crippen LogP contribution is 2.05. The summed E-state index contributed by atoms with van der Waals surface area (Å²) >= 11 is 5.12. The van der Waals surface area contributed by atoms with Gasteiger partial charge in [-0.2, -0.15) is 0 Å². The van der Waals surface area contributed by atoms with E-state index in [9.17, 15) is 4.79 Å². The number of hydrogen-bond donors (Lipinski definition) is 1. The van der Waals surface area contributed by atoms with Crippen molar-refractivity contribution >= 4 is 23.2 Å². The first-order chi connectivity index (χ1) is 7.70. The van der Waals surface area contributed by atoms with Crippen LogP contribution in [-0.2, 0) is 9.53 Å². The molecular weight excluding hydrogens is 222 g/mol. The smallest absolute Gasteiger partial charge is 0.325 e. The summed E-state index contributed by atoms with van der Waals surface area (Å²) in [5.74, 6) is -0.240. The van der Waals surface area contributed by atoms with E-state index >= 15 is 0 Å². The molecule has 0 saturated carbocycles. The maximum atomic E-state index is 11.0. The van der Waals surface area contributed by atoms with Crippen LogP contribution in [0, 0.1) is 0 Å². The quantitative estimate of drug-likeness (QED) is 0.385. The molecule has 0 aromatic rings. The van der Waals surface area contributed by atoms with Crippen LogP contribution < -0.4 is 5.32 Å². The zero-order valence-electron chi connectivity index (χ0n) is 10.4. The molecule has 94 valence electrons. The summed E-state index contributed by atoms with van der Waals surface area (Å²) < 4.78 is 4.79. The average Bonchev–Trinajstić information content (AvgIpc) is 2.26. The number of carbonyl (C=O) groups is 1. The predicted molar refractivity (Wildman–Crippen MR) is 70.6 cm³/mol. The Bertz CT molecular complexity index is 207. The summed E-state index contributed by atoms with van der Waals surface area (Å²) in [7, 11) is 0. The third-order valence-corrected chi connectivity index (χ3v) is 2.59. The number of hydrogen-bond acceptors (Lipinski definition) is 3. The Hall–Kier alpha value is -0.640. The van der Waals surface area contributed by atoms with Crippen LogP contribution in [0.2, 0.25) is 0 Å². The van der Waals surface area contributed by atoms with Crippen molar-refractivity contribution in [3.05, 3.63) is 0 Å². The molecule has 0 saturated heterocycles. The second-order valence-electron chi connectivity index (χ2n) is 3.75. The molecule has 0 fully saturated rings. The van der Waals surface area contributed by atoms with Gasteiger partial charge in [0.1, 0.15) is 6.54 Å². The van der Waals surface area contributed by atoms with E-state index in [0.717, 1.165) is 17.8 Å². The highest BCUT2D eigenvalue weighted by Gasteiger charge is 2.02. The number of carbonyl (C=O) groups excluding carboxylic acids is 1. The van der Waals surface area contributed by atoms with Gasteiger partial charge in [0.2, 0.25) is 0 Å². The second-order valence-corrected chi connectivity index (χ2v) is 4.24. The summed E-state index contributed by atoms with van der Waals surface area (Å²) in [6, 6.07) is 0. The normalized spacial score (nSPS) is 9.88. The minimum atomic E-state index is -0.240. The van der Waals surface area contributed by atoms with E-state index in [2.05, 4.69) is 12.2 Å². The fourth-order valence-electron chi connectivity index (χ4n) is 1.36. The molecule has 0 amide bonds. The summed E-state index contributed by atoms with van der Waals surface area (Å²) in [6.45, 7) is 4.61. The SMILES string of the molecule is CCCCCCCC(=S)NCC(=O)OCC. The summed E-state index contributed by atoms with van der Waals surface area (Å²) in [5.41, 5.74) is 0. The summed E-state index contributed by atoms with van der Waals surface area (Å²) in [5, 5.41) is 2.92. The van der Waals surface area contributed by atoms with Gasteiger partial charge in [0.15, 0.2) is 0 Å². The van der Waals surface area contributed by atoms with Gasteiger partial charge in [-0.15, -0.1) is 0 Å². The lowest BCUT2D eigenvalue weighted by atomic mass is 10.1. The van der Waals surface area contributed by atoms with Crippen molar-refractivity contribution in [1.29, 1.82) is 0 Å². The first-order valence-electron chi connectivity index (χ1n) is 6.13. The lowest BCUT2D eigenvalue weighted by Crippen LogP contribution is -2.29. The van der Waals surface area contributed by atoms with Crippen LogP contribution in [0.4, 0.5) is 0 Å². The fourth-order valence-corrected chi connectivity index (χ4v) is 1.58.